The van der Waals surface area contributed by atoms with Gasteiger partial charge in [0.25, 0.3) is 0 Å². The summed E-state index contributed by atoms with van der Waals surface area (Å²) in [5, 5.41) is 8.90. The summed E-state index contributed by atoms with van der Waals surface area (Å²) in [6.45, 7) is 2.55. The molecule has 2 fully saturated rings. The van der Waals surface area contributed by atoms with Gasteiger partial charge in [0.1, 0.15) is 0 Å². The smallest absolute Gasteiger partial charge is 0.0991 e. The SMILES string of the molecule is CC1(C2CCC(c3ccc(C#N)cc3)CC2)CCCCC1. The van der Waals surface area contributed by atoms with E-state index in [1.54, 1.807) is 0 Å². The molecule has 0 heterocycles. The second kappa shape index (κ2) is 6.22. The third kappa shape index (κ3) is 3.15. The summed E-state index contributed by atoms with van der Waals surface area (Å²) in [7, 11) is 0. The Kier molecular flexibility index (Phi) is 4.34. The summed E-state index contributed by atoms with van der Waals surface area (Å²) in [6, 6.07) is 10.5. The van der Waals surface area contributed by atoms with Crippen LogP contribution in [-0.2, 0) is 0 Å². The van der Waals surface area contributed by atoms with E-state index in [1.165, 1.54) is 63.4 Å². The molecule has 2 saturated carbocycles. The molecular weight excluding hydrogens is 254 g/mol. The van der Waals surface area contributed by atoms with Crippen molar-refractivity contribution >= 4 is 0 Å². The molecule has 0 N–H and O–H groups in total. The molecule has 0 atom stereocenters. The lowest BCUT2D eigenvalue weighted by atomic mass is 9.61. The molecule has 2 aliphatic rings. The van der Waals surface area contributed by atoms with Crippen LogP contribution in [0.3, 0.4) is 0 Å². The maximum atomic E-state index is 8.90. The van der Waals surface area contributed by atoms with Crippen molar-refractivity contribution in [3.05, 3.63) is 35.4 Å². The largest absolute Gasteiger partial charge is 0.192 e. The van der Waals surface area contributed by atoms with Gasteiger partial charge in [0, 0.05) is 0 Å². The lowest BCUT2D eigenvalue weighted by molar-refractivity contribution is 0.0825. The maximum absolute atomic E-state index is 8.90. The normalized spacial score (nSPS) is 28.8. The zero-order valence-electron chi connectivity index (χ0n) is 13.3. The number of benzene rings is 1. The van der Waals surface area contributed by atoms with E-state index in [-0.39, 0.29) is 0 Å². The van der Waals surface area contributed by atoms with E-state index in [4.69, 9.17) is 5.26 Å². The molecule has 0 bridgehead atoms. The van der Waals surface area contributed by atoms with Crippen LogP contribution in [0.25, 0.3) is 0 Å². The zero-order chi connectivity index (χ0) is 14.7. The van der Waals surface area contributed by atoms with Crippen LogP contribution in [0.15, 0.2) is 24.3 Å². The minimum absolute atomic E-state index is 0.633. The first-order valence-electron chi connectivity index (χ1n) is 8.71. The molecule has 1 nitrogen and oxygen atoms in total. The molecule has 21 heavy (non-hydrogen) atoms. The van der Waals surface area contributed by atoms with Gasteiger partial charge in [-0.15, -0.1) is 0 Å². The van der Waals surface area contributed by atoms with Gasteiger partial charge in [0.15, 0.2) is 0 Å². The van der Waals surface area contributed by atoms with Crippen LogP contribution in [-0.4, -0.2) is 0 Å². The summed E-state index contributed by atoms with van der Waals surface area (Å²) < 4.78 is 0. The highest BCUT2D eigenvalue weighted by Crippen LogP contribution is 2.50. The average Bonchev–Trinajstić information content (AvgIpc) is 2.56. The fourth-order valence-corrected chi connectivity index (χ4v) is 4.72. The first-order valence-corrected chi connectivity index (χ1v) is 8.71. The Morgan fingerprint density at radius 1 is 0.952 bits per heavy atom. The van der Waals surface area contributed by atoms with Crippen molar-refractivity contribution in [2.75, 3.05) is 0 Å². The highest BCUT2D eigenvalue weighted by atomic mass is 14.4. The summed E-state index contributed by atoms with van der Waals surface area (Å²) in [6.07, 6.45) is 12.8. The molecule has 112 valence electrons. The van der Waals surface area contributed by atoms with Gasteiger partial charge in [0.05, 0.1) is 11.6 Å². The number of hydrogen-bond acceptors (Lipinski definition) is 1. The van der Waals surface area contributed by atoms with E-state index in [9.17, 15) is 0 Å². The van der Waals surface area contributed by atoms with E-state index in [2.05, 4.69) is 25.1 Å². The van der Waals surface area contributed by atoms with Crippen LogP contribution >= 0.6 is 0 Å². The molecular formula is C20H27N. The van der Waals surface area contributed by atoms with Gasteiger partial charge in [0.2, 0.25) is 0 Å². The highest BCUT2D eigenvalue weighted by molar-refractivity contribution is 5.33. The van der Waals surface area contributed by atoms with E-state index in [0.717, 1.165) is 17.4 Å². The fraction of sp³-hybridized carbons (Fsp3) is 0.650. The molecule has 1 aromatic rings. The standard InChI is InChI=1S/C20H27N/c1-20(13-3-2-4-14-20)19-11-9-18(10-12-19)17-7-5-16(15-21)6-8-17/h5-8,18-19H,2-4,9-14H2,1H3. The molecule has 0 aromatic heterocycles. The van der Waals surface area contributed by atoms with Crippen molar-refractivity contribution < 1.29 is 0 Å². The van der Waals surface area contributed by atoms with Gasteiger partial charge in [-0.25, -0.2) is 0 Å². The minimum atomic E-state index is 0.633. The van der Waals surface area contributed by atoms with Gasteiger partial charge < -0.3 is 0 Å². The van der Waals surface area contributed by atoms with Crippen molar-refractivity contribution in [1.82, 2.24) is 0 Å². The van der Waals surface area contributed by atoms with E-state index >= 15 is 0 Å². The van der Waals surface area contributed by atoms with Crippen LogP contribution in [0.4, 0.5) is 0 Å². The Bertz CT molecular complexity index is 494. The van der Waals surface area contributed by atoms with Crippen LogP contribution in [0.2, 0.25) is 0 Å². The topological polar surface area (TPSA) is 23.8 Å². The lowest BCUT2D eigenvalue weighted by Crippen LogP contribution is -2.32. The third-order valence-electron chi connectivity index (χ3n) is 6.22. The Balaban J connectivity index is 1.60. The van der Waals surface area contributed by atoms with Crippen molar-refractivity contribution in [1.29, 1.82) is 5.26 Å². The number of nitrogens with zero attached hydrogens (tertiary/aromatic N) is 1. The van der Waals surface area contributed by atoms with Crippen molar-refractivity contribution in [3.63, 3.8) is 0 Å². The summed E-state index contributed by atoms with van der Waals surface area (Å²) >= 11 is 0. The van der Waals surface area contributed by atoms with E-state index in [0.29, 0.717) is 5.41 Å². The molecule has 3 rings (SSSR count). The molecule has 0 unspecified atom stereocenters. The average molecular weight is 281 g/mol. The Morgan fingerprint density at radius 2 is 1.57 bits per heavy atom. The second-order valence-electron chi connectivity index (χ2n) is 7.50. The van der Waals surface area contributed by atoms with Crippen LogP contribution in [0.1, 0.15) is 81.8 Å². The monoisotopic (exact) mass is 281 g/mol. The first kappa shape index (κ1) is 14.6. The van der Waals surface area contributed by atoms with Crippen molar-refractivity contribution in [3.8, 4) is 6.07 Å². The summed E-state index contributed by atoms with van der Waals surface area (Å²) in [4.78, 5) is 0. The molecule has 0 amide bonds. The quantitative estimate of drug-likeness (QED) is 0.671. The third-order valence-corrected chi connectivity index (χ3v) is 6.22. The van der Waals surface area contributed by atoms with Crippen molar-refractivity contribution in [2.24, 2.45) is 11.3 Å². The van der Waals surface area contributed by atoms with Gasteiger partial charge in [-0.3, -0.25) is 0 Å². The highest BCUT2D eigenvalue weighted by Gasteiger charge is 2.37. The second-order valence-corrected chi connectivity index (χ2v) is 7.50. The predicted molar refractivity (Wildman–Crippen MR) is 87.0 cm³/mol. The maximum Gasteiger partial charge on any atom is 0.0991 e. The Labute approximate surface area is 129 Å². The lowest BCUT2D eigenvalue weighted by Gasteiger charge is -2.44. The van der Waals surface area contributed by atoms with Crippen LogP contribution < -0.4 is 0 Å². The molecule has 2 aliphatic carbocycles. The minimum Gasteiger partial charge on any atom is -0.192 e. The molecule has 0 aliphatic heterocycles. The molecule has 1 aromatic carbocycles. The van der Waals surface area contributed by atoms with Crippen LogP contribution in [0.5, 0.6) is 0 Å². The molecule has 0 saturated heterocycles. The number of hydrogen-bond donors (Lipinski definition) is 0. The van der Waals surface area contributed by atoms with Gasteiger partial charge in [-0.2, -0.15) is 5.26 Å². The fourth-order valence-electron chi connectivity index (χ4n) is 4.72. The molecule has 1 heteroatoms. The van der Waals surface area contributed by atoms with Gasteiger partial charge >= 0.3 is 0 Å². The Morgan fingerprint density at radius 3 is 2.14 bits per heavy atom. The van der Waals surface area contributed by atoms with Gasteiger partial charge in [-0.1, -0.05) is 38.3 Å². The summed E-state index contributed by atoms with van der Waals surface area (Å²) in [5.74, 6) is 1.67. The van der Waals surface area contributed by atoms with E-state index in [1.807, 2.05) is 12.1 Å². The first-order chi connectivity index (χ1) is 10.2. The summed E-state index contributed by atoms with van der Waals surface area (Å²) in [5.41, 5.74) is 2.86. The zero-order valence-corrected chi connectivity index (χ0v) is 13.3. The van der Waals surface area contributed by atoms with Crippen LogP contribution in [0, 0.1) is 22.7 Å². The Hall–Kier alpha value is -1.29. The number of rotatable bonds is 2. The molecule has 0 spiro atoms. The number of nitriles is 1. The van der Waals surface area contributed by atoms with Gasteiger partial charge in [-0.05, 0) is 73.5 Å². The van der Waals surface area contributed by atoms with Crippen molar-refractivity contribution in [2.45, 2.75) is 70.6 Å². The predicted octanol–water partition coefficient (Wildman–Crippen LogP) is 5.80. The molecule has 0 radical (unpaired) electrons. The van der Waals surface area contributed by atoms with E-state index < -0.39 is 0 Å².